The van der Waals surface area contributed by atoms with Crippen LogP contribution in [0.1, 0.15) is 21.6 Å². The van der Waals surface area contributed by atoms with Crippen LogP contribution in [0, 0.1) is 6.92 Å². The predicted octanol–water partition coefficient (Wildman–Crippen LogP) is 4.17. The number of hydrogen-bond acceptors (Lipinski definition) is 5. The molecule has 1 aliphatic heterocycles. The lowest BCUT2D eigenvalue weighted by Gasteiger charge is -2.28. The fraction of sp³-hybridized carbons (Fsp3) is 0.250. The Hall–Kier alpha value is -3.97. The van der Waals surface area contributed by atoms with Crippen LogP contribution in [0.25, 0.3) is 22.4 Å². The molecular weight excluding hydrogens is 438 g/mol. The van der Waals surface area contributed by atoms with Crippen molar-refractivity contribution < 1.29 is 9.53 Å². The van der Waals surface area contributed by atoms with E-state index in [1.165, 1.54) is 5.56 Å². The largest absolute Gasteiger partial charge is 0.489 e. The summed E-state index contributed by atoms with van der Waals surface area (Å²) in [6.45, 7) is 5.31. The maximum atomic E-state index is 13.5. The van der Waals surface area contributed by atoms with E-state index in [1.54, 1.807) is 12.4 Å². The normalized spacial score (nSPS) is 13.1. The molecule has 2 aromatic heterocycles. The first-order valence-electron chi connectivity index (χ1n) is 11.9. The number of nitrogens with one attached hydrogen (secondary N) is 1. The molecule has 0 atom stereocenters. The summed E-state index contributed by atoms with van der Waals surface area (Å²) < 4.78 is 7.86. The Morgan fingerprint density at radius 1 is 0.943 bits per heavy atom. The van der Waals surface area contributed by atoms with E-state index >= 15 is 0 Å². The number of carbonyl (C=O) groups is 1. The van der Waals surface area contributed by atoms with Crippen LogP contribution in [0.15, 0.2) is 73.1 Å². The highest BCUT2D eigenvalue weighted by Crippen LogP contribution is 2.37. The summed E-state index contributed by atoms with van der Waals surface area (Å²) >= 11 is 0. The van der Waals surface area contributed by atoms with Crippen molar-refractivity contribution in [3.8, 4) is 28.1 Å². The molecular formula is C28H29N5O2. The van der Waals surface area contributed by atoms with Crippen molar-refractivity contribution in [3.63, 3.8) is 0 Å². The van der Waals surface area contributed by atoms with Crippen LogP contribution in [-0.2, 0) is 13.2 Å². The van der Waals surface area contributed by atoms with Crippen molar-refractivity contribution in [2.75, 3.05) is 26.7 Å². The number of rotatable bonds is 8. The number of aryl methyl sites for hydroxylation is 1. The summed E-state index contributed by atoms with van der Waals surface area (Å²) in [5, 5.41) is 7.99. The number of amides is 1. The zero-order valence-electron chi connectivity index (χ0n) is 20.1. The molecule has 0 saturated carbocycles. The van der Waals surface area contributed by atoms with Crippen molar-refractivity contribution >= 4 is 5.91 Å². The lowest BCUT2D eigenvalue weighted by Crippen LogP contribution is -2.43. The van der Waals surface area contributed by atoms with E-state index < -0.39 is 0 Å². The maximum Gasteiger partial charge on any atom is 0.272 e. The fourth-order valence-corrected chi connectivity index (χ4v) is 4.32. The van der Waals surface area contributed by atoms with Crippen LogP contribution < -0.4 is 10.1 Å². The molecule has 7 nitrogen and oxygen atoms in total. The summed E-state index contributed by atoms with van der Waals surface area (Å²) in [6, 6.07) is 20.1. The van der Waals surface area contributed by atoms with Gasteiger partial charge in [-0.25, -0.2) is 0 Å². The van der Waals surface area contributed by atoms with Crippen LogP contribution >= 0.6 is 0 Å². The number of hydrogen-bond donors (Lipinski definition) is 1. The van der Waals surface area contributed by atoms with Gasteiger partial charge in [0.25, 0.3) is 5.91 Å². The van der Waals surface area contributed by atoms with E-state index in [4.69, 9.17) is 9.84 Å². The van der Waals surface area contributed by atoms with Gasteiger partial charge in [-0.3, -0.25) is 14.5 Å². The molecule has 3 heterocycles. The molecule has 1 aliphatic rings. The van der Waals surface area contributed by atoms with Crippen molar-refractivity contribution in [1.29, 1.82) is 0 Å². The van der Waals surface area contributed by atoms with Gasteiger partial charge in [-0.15, -0.1) is 0 Å². The number of nitrogens with zero attached hydrogens (tertiary/aromatic N) is 4. The Kier molecular flexibility index (Phi) is 6.59. The van der Waals surface area contributed by atoms with E-state index in [1.807, 2.05) is 53.0 Å². The van der Waals surface area contributed by atoms with Crippen LogP contribution in [-0.4, -0.2) is 52.3 Å². The number of likely N-dealkylation sites (N-methyl/N-ethyl adjacent to an activating group) is 1. The second-order valence-corrected chi connectivity index (χ2v) is 8.73. The highest BCUT2D eigenvalue weighted by molar-refractivity contribution is 6.03. The Bertz CT molecular complexity index is 1300. The molecule has 0 aliphatic carbocycles. The van der Waals surface area contributed by atoms with Crippen LogP contribution in [0.3, 0.4) is 0 Å². The zero-order chi connectivity index (χ0) is 24.2. The second kappa shape index (κ2) is 10.1. The lowest BCUT2D eigenvalue weighted by molar-refractivity contribution is 0.0701. The van der Waals surface area contributed by atoms with Gasteiger partial charge in [0.15, 0.2) is 0 Å². The first kappa shape index (κ1) is 22.8. The monoisotopic (exact) mass is 467 g/mol. The van der Waals surface area contributed by atoms with Gasteiger partial charge in [-0.1, -0.05) is 42.0 Å². The van der Waals surface area contributed by atoms with Crippen molar-refractivity contribution in [3.05, 3.63) is 89.9 Å². The molecule has 7 heteroatoms. The number of carbonyl (C=O) groups excluding carboxylic acids is 1. The molecule has 0 unspecified atom stereocenters. The third-order valence-corrected chi connectivity index (χ3v) is 6.28. The van der Waals surface area contributed by atoms with E-state index in [0.717, 1.165) is 40.2 Å². The average Bonchev–Trinajstić information content (AvgIpc) is 3.29. The second-order valence-electron chi connectivity index (χ2n) is 8.73. The first-order chi connectivity index (χ1) is 17.1. The minimum absolute atomic E-state index is 0.00834. The number of ether oxygens (including phenoxy) is 1. The molecule has 2 aromatic carbocycles. The highest BCUT2D eigenvalue weighted by Gasteiger charge is 2.32. The molecule has 178 valence electrons. The summed E-state index contributed by atoms with van der Waals surface area (Å²) in [5.41, 5.74) is 6.49. The minimum atomic E-state index is 0.00834. The standard InChI is InChI=1S/C28H29N5O2/c1-20-3-5-21(6-4-20)19-35-24-9-7-22(8-10-24)25-26(23-11-13-30-14-12-23)31-33-18-17-32(16-15-29-2)28(34)27(25)33/h3-14,29H,15-19H2,1-2H3. The van der Waals surface area contributed by atoms with Gasteiger partial charge < -0.3 is 15.0 Å². The van der Waals surface area contributed by atoms with Crippen LogP contribution in [0.5, 0.6) is 5.75 Å². The summed E-state index contributed by atoms with van der Waals surface area (Å²) in [4.78, 5) is 19.6. The first-order valence-corrected chi connectivity index (χ1v) is 11.9. The lowest BCUT2D eigenvalue weighted by atomic mass is 9.98. The van der Waals surface area contributed by atoms with Gasteiger partial charge >= 0.3 is 0 Å². The third kappa shape index (κ3) is 4.81. The molecule has 0 saturated heterocycles. The van der Waals surface area contributed by atoms with Crippen molar-refractivity contribution in [1.82, 2.24) is 25.0 Å². The van der Waals surface area contributed by atoms with Gasteiger partial charge in [0.05, 0.1) is 6.54 Å². The topological polar surface area (TPSA) is 72.3 Å². The van der Waals surface area contributed by atoms with Crippen LogP contribution in [0.4, 0.5) is 0 Å². The minimum Gasteiger partial charge on any atom is -0.489 e. The molecule has 4 aromatic rings. The smallest absolute Gasteiger partial charge is 0.272 e. The molecule has 0 fully saturated rings. The molecule has 35 heavy (non-hydrogen) atoms. The van der Waals surface area contributed by atoms with Crippen LogP contribution in [0.2, 0.25) is 0 Å². The molecule has 0 bridgehead atoms. The Balaban J connectivity index is 1.47. The van der Waals surface area contributed by atoms with E-state index in [2.05, 4.69) is 41.5 Å². The predicted molar refractivity (Wildman–Crippen MR) is 136 cm³/mol. The number of fused-ring (bicyclic) bond motifs is 1. The van der Waals surface area contributed by atoms with E-state index in [-0.39, 0.29) is 5.91 Å². The zero-order valence-corrected chi connectivity index (χ0v) is 20.1. The molecule has 1 amide bonds. The molecule has 1 N–H and O–H groups in total. The van der Waals surface area contributed by atoms with Gasteiger partial charge in [0.1, 0.15) is 23.7 Å². The Morgan fingerprint density at radius 2 is 1.69 bits per heavy atom. The molecule has 5 rings (SSSR count). The summed E-state index contributed by atoms with van der Waals surface area (Å²) in [5.74, 6) is 0.789. The third-order valence-electron chi connectivity index (χ3n) is 6.28. The summed E-state index contributed by atoms with van der Waals surface area (Å²) in [6.07, 6.45) is 3.50. The van der Waals surface area contributed by atoms with Crippen molar-refractivity contribution in [2.45, 2.75) is 20.1 Å². The maximum absolute atomic E-state index is 13.5. The fourth-order valence-electron chi connectivity index (χ4n) is 4.32. The van der Waals surface area contributed by atoms with Gasteiger partial charge in [0, 0.05) is 43.2 Å². The number of pyridine rings is 1. The molecule has 0 radical (unpaired) electrons. The number of aromatic nitrogens is 3. The molecule has 0 spiro atoms. The number of benzene rings is 2. The van der Waals surface area contributed by atoms with Gasteiger partial charge in [-0.2, -0.15) is 5.10 Å². The Labute approximate surface area is 205 Å². The quantitative estimate of drug-likeness (QED) is 0.421. The van der Waals surface area contributed by atoms with Gasteiger partial charge in [-0.05, 0) is 49.4 Å². The average molecular weight is 468 g/mol. The van der Waals surface area contributed by atoms with E-state index in [9.17, 15) is 4.79 Å². The highest BCUT2D eigenvalue weighted by atomic mass is 16.5. The SMILES string of the molecule is CNCCN1CCn2nc(-c3ccncc3)c(-c3ccc(OCc4ccc(C)cc4)cc3)c2C1=O. The summed E-state index contributed by atoms with van der Waals surface area (Å²) in [7, 11) is 1.90. The van der Waals surface area contributed by atoms with Crippen molar-refractivity contribution in [2.24, 2.45) is 0 Å². The van der Waals surface area contributed by atoms with Gasteiger partial charge in [0.2, 0.25) is 0 Å². The Morgan fingerprint density at radius 3 is 2.40 bits per heavy atom. The van der Waals surface area contributed by atoms with E-state index in [0.29, 0.717) is 31.9 Å².